The fourth-order valence-corrected chi connectivity index (χ4v) is 1.68. The van der Waals surface area contributed by atoms with Crippen LogP contribution in [0.4, 0.5) is 0 Å². The molecule has 0 spiro atoms. The maximum atomic E-state index is 5.66. The first-order valence-electron chi connectivity index (χ1n) is 4.61. The predicted molar refractivity (Wildman–Crippen MR) is 57.1 cm³/mol. The van der Waals surface area contributed by atoms with Gasteiger partial charge in [0.2, 0.25) is 0 Å². The third-order valence-corrected chi connectivity index (χ3v) is 2.74. The zero-order chi connectivity index (χ0) is 9.52. The first kappa shape index (κ1) is 10.7. The van der Waals surface area contributed by atoms with Gasteiger partial charge in [-0.3, -0.25) is 0 Å². The van der Waals surface area contributed by atoms with E-state index in [-0.39, 0.29) is 0 Å². The van der Waals surface area contributed by atoms with Crippen LogP contribution in [-0.4, -0.2) is 19.7 Å². The highest BCUT2D eigenvalue weighted by Crippen LogP contribution is 2.11. The molecule has 2 nitrogen and oxygen atoms in total. The molecule has 0 bridgehead atoms. The second-order valence-electron chi connectivity index (χ2n) is 3.09. The number of thiophene rings is 1. The summed E-state index contributed by atoms with van der Waals surface area (Å²) in [5, 5.41) is 5.19. The van der Waals surface area contributed by atoms with Crippen molar-refractivity contribution in [1.29, 1.82) is 0 Å². The average Bonchev–Trinajstić information content (AvgIpc) is 2.64. The molecule has 0 radical (unpaired) electrons. The van der Waals surface area contributed by atoms with E-state index in [2.05, 4.69) is 29.8 Å². The lowest BCUT2D eigenvalue weighted by Crippen LogP contribution is -2.16. The Balaban J connectivity index is 2.11. The molecular formula is C10H17NOS. The van der Waals surface area contributed by atoms with Gasteiger partial charge in [0.25, 0.3) is 0 Å². The van der Waals surface area contributed by atoms with Gasteiger partial charge in [0.15, 0.2) is 0 Å². The summed E-state index contributed by atoms with van der Waals surface area (Å²) in [6.45, 7) is 3.89. The molecular weight excluding hydrogens is 182 g/mol. The lowest BCUT2D eigenvalue weighted by Gasteiger charge is -2.11. The fourth-order valence-electron chi connectivity index (χ4n) is 1.05. The molecule has 3 heteroatoms. The lowest BCUT2D eigenvalue weighted by atomic mass is 10.3. The van der Waals surface area contributed by atoms with E-state index in [9.17, 15) is 0 Å². The highest BCUT2D eigenvalue weighted by molar-refractivity contribution is 7.09. The van der Waals surface area contributed by atoms with Crippen LogP contribution in [0.1, 0.15) is 18.2 Å². The molecule has 0 fully saturated rings. The normalized spacial score (nSPS) is 13.1. The van der Waals surface area contributed by atoms with Crippen molar-refractivity contribution in [3.8, 4) is 0 Å². The highest BCUT2D eigenvalue weighted by Gasteiger charge is 2.01. The summed E-state index contributed by atoms with van der Waals surface area (Å²) in [7, 11) is 1.96. The minimum atomic E-state index is 0.342. The Kier molecular flexibility index (Phi) is 5.05. The van der Waals surface area contributed by atoms with Crippen molar-refractivity contribution < 1.29 is 4.74 Å². The first-order valence-corrected chi connectivity index (χ1v) is 5.49. The Morgan fingerprint density at radius 3 is 3.08 bits per heavy atom. The highest BCUT2D eigenvalue weighted by atomic mass is 32.1. The molecule has 1 heterocycles. The molecule has 1 aromatic heterocycles. The topological polar surface area (TPSA) is 21.3 Å². The number of nitrogens with one attached hydrogen (secondary N) is 1. The van der Waals surface area contributed by atoms with Gasteiger partial charge in [0, 0.05) is 4.88 Å². The summed E-state index contributed by atoms with van der Waals surface area (Å²) >= 11 is 1.75. The SMILES string of the molecule is CNCCC(C)OCc1cccs1. The van der Waals surface area contributed by atoms with Gasteiger partial charge in [-0.1, -0.05) is 6.07 Å². The van der Waals surface area contributed by atoms with Crippen molar-refractivity contribution in [2.45, 2.75) is 26.1 Å². The van der Waals surface area contributed by atoms with Crippen molar-refractivity contribution in [2.75, 3.05) is 13.6 Å². The molecule has 0 amide bonds. The maximum Gasteiger partial charge on any atom is 0.0812 e. The molecule has 1 N–H and O–H groups in total. The van der Waals surface area contributed by atoms with Crippen LogP contribution < -0.4 is 5.32 Å². The van der Waals surface area contributed by atoms with Crippen LogP contribution in [0, 0.1) is 0 Å². The molecule has 0 aliphatic carbocycles. The molecule has 0 saturated heterocycles. The largest absolute Gasteiger partial charge is 0.373 e. The van der Waals surface area contributed by atoms with Crippen LogP contribution in [0.5, 0.6) is 0 Å². The van der Waals surface area contributed by atoms with E-state index in [1.54, 1.807) is 11.3 Å². The molecule has 1 rings (SSSR count). The second-order valence-corrected chi connectivity index (χ2v) is 4.13. The number of hydrogen-bond acceptors (Lipinski definition) is 3. The van der Waals surface area contributed by atoms with Crippen molar-refractivity contribution in [3.05, 3.63) is 22.4 Å². The summed E-state index contributed by atoms with van der Waals surface area (Å²) in [6.07, 6.45) is 1.41. The van der Waals surface area contributed by atoms with Crippen LogP contribution in [-0.2, 0) is 11.3 Å². The van der Waals surface area contributed by atoms with E-state index >= 15 is 0 Å². The van der Waals surface area contributed by atoms with Crippen molar-refractivity contribution in [1.82, 2.24) is 5.32 Å². The smallest absolute Gasteiger partial charge is 0.0812 e. The number of rotatable bonds is 6. The Morgan fingerprint density at radius 1 is 1.62 bits per heavy atom. The Morgan fingerprint density at radius 2 is 2.46 bits per heavy atom. The van der Waals surface area contributed by atoms with E-state index in [0.717, 1.165) is 19.6 Å². The van der Waals surface area contributed by atoms with Gasteiger partial charge in [-0.05, 0) is 38.4 Å². The minimum absolute atomic E-state index is 0.342. The lowest BCUT2D eigenvalue weighted by molar-refractivity contribution is 0.0497. The van der Waals surface area contributed by atoms with Crippen molar-refractivity contribution in [3.63, 3.8) is 0 Å². The Bertz CT molecular complexity index is 211. The zero-order valence-corrected chi connectivity index (χ0v) is 9.06. The van der Waals surface area contributed by atoms with Gasteiger partial charge in [-0.2, -0.15) is 0 Å². The molecule has 0 aliphatic heterocycles. The van der Waals surface area contributed by atoms with Gasteiger partial charge in [-0.15, -0.1) is 11.3 Å². The monoisotopic (exact) mass is 199 g/mol. The van der Waals surface area contributed by atoms with Gasteiger partial charge < -0.3 is 10.1 Å². The van der Waals surface area contributed by atoms with Gasteiger partial charge in [-0.25, -0.2) is 0 Å². The maximum absolute atomic E-state index is 5.66. The van der Waals surface area contributed by atoms with E-state index in [1.165, 1.54) is 4.88 Å². The van der Waals surface area contributed by atoms with Crippen LogP contribution in [0.25, 0.3) is 0 Å². The summed E-state index contributed by atoms with van der Waals surface area (Å²) in [4.78, 5) is 1.30. The molecule has 0 aliphatic rings. The zero-order valence-electron chi connectivity index (χ0n) is 8.25. The fraction of sp³-hybridized carbons (Fsp3) is 0.600. The second kappa shape index (κ2) is 6.13. The number of hydrogen-bond donors (Lipinski definition) is 1. The summed E-state index contributed by atoms with van der Waals surface area (Å²) in [5.41, 5.74) is 0. The quantitative estimate of drug-likeness (QED) is 0.759. The van der Waals surface area contributed by atoms with Crippen LogP contribution in [0.2, 0.25) is 0 Å². The van der Waals surface area contributed by atoms with Crippen molar-refractivity contribution >= 4 is 11.3 Å². The van der Waals surface area contributed by atoms with Crippen LogP contribution in [0.15, 0.2) is 17.5 Å². The van der Waals surface area contributed by atoms with Crippen LogP contribution in [0.3, 0.4) is 0 Å². The average molecular weight is 199 g/mol. The van der Waals surface area contributed by atoms with E-state index in [1.807, 2.05) is 7.05 Å². The third-order valence-electron chi connectivity index (χ3n) is 1.89. The molecule has 1 aromatic rings. The van der Waals surface area contributed by atoms with E-state index < -0.39 is 0 Å². The molecule has 0 saturated carbocycles. The summed E-state index contributed by atoms with van der Waals surface area (Å²) in [6, 6.07) is 4.16. The standard InChI is InChI=1S/C10H17NOS/c1-9(5-6-11-2)12-8-10-4-3-7-13-10/h3-4,7,9,11H,5-6,8H2,1-2H3. The van der Waals surface area contributed by atoms with Crippen molar-refractivity contribution in [2.24, 2.45) is 0 Å². The van der Waals surface area contributed by atoms with Crippen LogP contribution >= 0.6 is 11.3 Å². The van der Waals surface area contributed by atoms with Gasteiger partial charge >= 0.3 is 0 Å². The molecule has 0 aromatic carbocycles. The molecule has 13 heavy (non-hydrogen) atoms. The molecule has 1 atom stereocenters. The minimum Gasteiger partial charge on any atom is -0.373 e. The van der Waals surface area contributed by atoms with E-state index in [4.69, 9.17) is 4.74 Å². The summed E-state index contributed by atoms with van der Waals surface area (Å²) in [5.74, 6) is 0. The third kappa shape index (κ3) is 4.41. The molecule has 1 unspecified atom stereocenters. The number of ether oxygens (including phenoxy) is 1. The van der Waals surface area contributed by atoms with Gasteiger partial charge in [0.05, 0.1) is 12.7 Å². The molecule has 74 valence electrons. The summed E-state index contributed by atoms with van der Waals surface area (Å²) < 4.78 is 5.66. The Labute approximate surface area is 83.9 Å². The van der Waals surface area contributed by atoms with Gasteiger partial charge in [0.1, 0.15) is 0 Å². The first-order chi connectivity index (χ1) is 6.33. The Hall–Kier alpha value is -0.380. The van der Waals surface area contributed by atoms with E-state index in [0.29, 0.717) is 6.10 Å². The predicted octanol–water partition coefficient (Wildman–Crippen LogP) is 2.26.